The van der Waals surface area contributed by atoms with Crippen molar-refractivity contribution in [2.24, 2.45) is 11.8 Å². The van der Waals surface area contributed by atoms with Crippen molar-refractivity contribution in [1.29, 1.82) is 0 Å². The van der Waals surface area contributed by atoms with Gasteiger partial charge >= 0.3 is 6.09 Å². The van der Waals surface area contributed by atoms with Gasteiger partial charge in [-0.25, -0.2) is 4.79 Å². The van der Waals surface area contributed by atoms with Crippen molar-refractivity contribution in [1.82, 2.24) is 25.7 Å². The lowest BCUT2D eigenvalue weighted by molar-refractivity contribution is -0.141. The standard InChI is InChI=1S/C32H39N5O6/c1-20(2)26(28(38)29-33-25(43-36-29)18-22-12-7-5-8-13-22)34-30(39)24-16-11-17-37(24)31(40)27(21(3)4)35-32(41)42-19-23-14-9-6-10-15-23/h5-10,12-15,20-21,24,26-27H,11,16-19H2,1-4H3,(H,34,39)(H,35,41)/t24?,26-,27+/m1/s1. The smallest absolute Gasteiger partial charge is 0.408 e. The largest absolute Gasteiger partial charge is 0.445 e. The molecule has 4 rings (SSSR count). The normalized spacial score (nSPS) is 16.1. The molecular formula is C32H39N5O6. The Morgan fingerprint density at radius 3 is 2.16 bits per heavy atom. The fourth-order valence-electron chi connectivity index (χ4n) is 5.01. The fourth-order valence-corrected chi connectivity index (χ4v) is 5.01. The molecule has 0 bridgehead atoms. The zero-order valence-corrected chi connectivity index (χ0v) is 25.0. The molecule has 1 unspecified atom stereocenters. The molecule has 11 nitrogen and oxygen atoms in total. The van der Waals surface area contributed by atoms with Crippen molar-refractivity contribution in [3.8, 4) is 0 Å². The van der Waals surface area contributed by atoms with Crippen LogP contribution < -0.4 is 10.6 Å². The summed E-state index contributed by atoms with van der Waals surface area (Å²) in [7, 11) is 0. The van der Waals surface area contributed by atoms with Crippen LogP contribution in [0.1, 0.15) is 68.2 Å². The first kappa shape index (κ1) is 31.4. The number of carbonyl (C=O) groups excluding carboxylic acids is 4. The van der Waals surface area contributed by atoms with E-state index in [1.165, 1.54) is 4.90 Å². The monoisotopic (exact) mass is 589 g/mol. The van der Waals surface area contributed by atoms with Crippen LogP contribution in [0.5, 0.6) is 0 Å². The molecule has 0 radical (unpaired) electrons. The second kappa shape index (κ2) is 14.6. The predicted octanol–water partition coefficient (Wildman–Crippen LogP) is 3.93. The molecule has 0 saturated carbocycles. The highest BCUT2D eigenvalue weighted by molar-refractivity contribution is 6.00. The maximum absolute atomic E-state index is 13.6. The van der Waals surface area contributed by atoms with Gasteiger partial charge in [0.1, 0.15) is 18.7 Å². The summed E-state index contributed by atoms with van der Waals surface area (Å²) < 4.78 is 10.6. The lowest BCUT2D eigenvalue weighted by Gasteiger charge is -2.31. The molecule has 0 spiro atoms. The number of hydrogen-bond donors (Lipinski definition) is 2. The van der Waals surface area contributed by atoms with E-state index in [0.29, 0.717) is 31.7 Å². The number of nitrogens with one attached hydrogen (secondary N) is 2. The van der Waals surface area contributed by atoms with Crippen LogP contribution in [0.2, 0.25) is 0 Å². The van der Waals surface area contributed by atoms with Gasteiger partial charge in [-0.2, -0.15) is 4.98 Å². The molecule has 2 N–H and O–H groups in total. The van der Waals surface area contributed by atoms with Crippen molar-refractivity contribution in [3.05, 3.63) is 83.5 Å². The highest BCUT2D eigenvalue weighted by Crippen LogP contribution is 2.22. The van der Waals surface area contributed by atoms with Crippen LogP contribution >= 0.6 is 0 Å². The number of likely N-dealkylation sites (tertiary alicyclic amines) is 1. The number of aromatic nitrogens is 2. The van der Waals surface area contributed by atoms with Crippen molar-refractivity contribution < 1.29 is 28.4 Å². The summed E-state index contributed by atoms with van der Waals surface area (Å²) >= 11 is 0. The number of carbonyl (C=O) groups is 4. The number of hydrogen-bond acceptors (Lipinski definition) is 8. The summed E-state index contributed by atoms with van der Waals surface area (Å²) in [6, 6.07) is 16.2. The third-order valence-corrected chi connectivity index (χ3v) is 7.39. The quantitative estimate of drug-likeness (QED) is 0.303. The molecule has 2 aromatic carbocycles. The Morgan fingerprint density at radius 1 is 0.907 bits per heavy atom. The second-order valence-electron chi connectivity index (χ2n) is 11.4. The van der Waals surface area contributed by atoms with Gasteiger partial charge in [0.05, 0.1) is 12.5 Å². The van der Waals surface area contributed by atoms with Crippen molar-refractivity contribution >= 4 is 23.7 Å². The second-order valence-corrected chi connectivity index (χ2v) is 11.4. The van der Waals surface area contributed by atoms with Crippen LogP contribution in [0.25, 0.3) is 0 Å². The van der Waals surface area contributed by atoms with Gasteiger partial charge in [-0.05, 0) is 35.8 Å². The van der Waals surface area contributed by atoms with Crippen LogP contribution in [-0.2, 0) is 27.4 Å². The molecule has 0 aliphatic carbocycles. The minimum Gasteiger partial charge on any atom is -0.445 e. The van der Waals surface area contributed by atoms with Gasteiger partial charge in [0, 0.05) is 6.54 Å². The Morgan fingerprint density at radius 2 is 1.53 bits per heavy atom. The molecule has 1 fully saturated rings. The summed E-state index contributed by atoms with van der Waals surface area (Å²) in [4.78, 5) is 58.8. The number of ketones is 1. The molecule has 43 heavy (non-hydrogen) atoms. The molecule has 1 saturated heterocycles. The SMILES string of the molecule is CC(C)[C@H](NC(=O)OCc1ccccc1)C(=O)N1CCCC1C(=O)N[C@@H](C(=O)c1noc(Cc2ccccc2)n1)C(C)C. The first-order valence-electron chi connectivity index (χ1n) is 14.6. The van der Waals surface area contributed by atoms with E-state index in [0.717, 1.165) is 11.1 Å². The van der Waals surface area contributed by atoms with Crippen LogP contribution in [0.4, 0.5) is 4.79 Å². The van der Waals surface area contributed by atoms with Gasteiger partial charge in [-0.1, -0.05) is 93.5 Å². The van der Waals surface area contributed by atoms with Crippen LogP contribution in [0, 0.1) is 11.8 Å². The summed E-state index contributed by atoms with van der Waals surface area (Å²) in [5.41, 5.74) is 1.78. The van der Waals surface area contributed by atoms with E-state index in [-0.39, 0.29) is 30.2 Å². The molecule has 11 heteroatoms. The molecular weight excluding hydrogens is 550 g/mol. The number of benzene rings is 2. The minimum absolute atomic E-state index is 0.0686. The molecule has 3 atom stereocenters. The van der Waals surface area contributed by atoms with Crippen molar-refractivity contribution in [3.63, 3.8) is 0 Å². The van der Waals surface area contributed by atoms with E-state index >= 15 is 0 Å². The Bertz CT molecular complexity index is 1390. The first-order chi connectivity index (χ1) is 20.6. The molecule has 228 valence electrons. The van der Waals surface area contributed by atoms with E-state index in [1.54, 1.807) is 0 Å². The Hall–Kier alpha value is -4.54. The third-order valence-electron chi connectivity index (χ3n) is 7.39. The predicted molar refractivity (Wildman–Crippen MR) is 158 cm³/mol. The van der Waals surface area contributed by atoms with Gasteiger partial charge in [-0.15, -0.1) is 0 Å². The number of ether oxygens (including phenoxy) is 1. The lowest BCUT2D eigenvalue weighted by Crippen LogP contribution is -2.57. The minimum atomic E-state index is -0.917. The van der Waals surface area contributed by atoms with Gasteiger partial charge in [0.15, 0.2) is 0 Å². The summed E-state index contributed by atoms with van der Waals surface area (Å²) in [5.74, 6) is -1.63. The molecule has 1 aliphatic rings. The summed E-state index contributed by atoms with van der Waals surface area (Å²) in [6.07, 6.45) is 0.710. The third kappa shape index (κ3) is 8.27. The van der Waals surface area contributed by atoms with Crippen LogP contribution in [0.3, 0.4) is 0 Å². The number of Topliss-reactive ketones (excluding diaryl/α,β-unsaturated/α-hetero) is 1. The van der Waals surface area contributed by atoms with Crippen LogP contribution in [-0.4, -0.2) is 63.4 Å². The van der Waals surface area contributed by atoms with E-state index in [2.05, 4.69) is 20.8 Å². The highest BCUT2D eigenvalue weighted by atomic mass is 16.5. The van der Waals surface area contributed by atoms with E-state index in [9.17, 15) is 19.2 Å². The summed E-state index contributed by atoms with van der Waals surface area (Å²) in [6.45, 7) is 7.68. The van der Waals surface area contributed by atoms with Gasteiger partial charge in [0.2, 0.25) is 29.3 Å². The van der Waals surface area contributed by atoms with E-state index < -0.39 is 35.9 Å². The van der Waals surface area contributed by atoms with Gasteiger partial charge in [-0.3, -0.25) is 14.4 Å². The topological polar surface area (TPSA) is 144 Å². The van der Waals surface area contributed by atoms with Crippen LogP contribution in [0.15, 0.2) is 65.2 Å². The van der Waals surface area contributed by atoms with Gasteiger partial charge < -0.3 is 24.8 Å². The van der Waals surface area contributed by atoms with Crippen molar-refractivity contribution in [2.45, 2.75) is 71.7 Å². The molecule has 1 aliphatic heterocycles. The fraction of sp³-hybridized carbons (Fsp3) is 0.438. The number of rotatable bonds is 12. The average Bonchev–Trinajstić information content (AvgIpc) is 3.68. The number of nitrogens with zero attached hydrogens (tertiary/aromatic N) is 3. The Labute approximate surface area is 251 Å². The number of alkyl carbamates (subject to hydrolysis) is 1. The maximum Gasteiger partial charge on any atom is 0.408 e. The lowest BCUT2D eigenvalue weighted by atomic mass is 9.98. The highest BCUT2D eigenvalue weighted by Gasteiger charge is 2.40. The van der Waals surface area contributed by atoms with E-state index in [4.69, 9.17) is 9.26 Å². The zero-order chi connectivity index (χ0) is 30.9. The molecule has 3 amide bonds. The first-order valence-corrected chi connectivity index (χ1v) is 14.6. The number of amides is 3. The Balaban J connectivity index is 1.39. The molecule has 3 aromatic rings. The van der Waals surface area contributed by atoms with Crippen molar-refractivity contribution in [2.75, 3.05) is 6.54 Å². The molecule has 2 heterocycles. The summed E-state index contributed by atoms with van der Waals surface area (Å²) in [5, 5.41) is 9.37. The maximum atomic E-state index is 13.6. The zero-order valence-electron chi connectivity index (χ0n) is 25.0. The van der Waals surface area contributed by atoms with E-state index in [1.807, 2.05) is 88.4 Å². The average molecular weight is 590 g/mol. The Kier molecular flexibility index (Phi) is 10.6. The molecule has 1 aromatic heterocycles. The van der Waals surface area contributed by atoms with Gasteiger partial charge in [0.25, 0.3) is 0 Å².